The summed E-state index contributed by atoms with van der Waals surface area (Å²) in [5.74, 6) is 0. The lowest BCUT2D eigenvalue weighted by Crippen LogP contribution is -2.03. The molecular weight excluding hydrogens is 150 g/mol. The molecule has 0 unspecified atom stereocenters. The summed E-state index contributed by atoms with van der Waals surface area (Å²) in [6.07, 6.45) is 3.82. The fourth-order valence-corrected chi connectivity index (χ4v) is 0.880. The van der Waals surface area contributed by atoms with Crippen molar-refractivity contribution in [1.29, 1.82) is 0 Å². The summed E-state index contributed by atoms with van der Waals surface area (Å²) in [6.45, 7) is 0.755. The highest BCUT2D eigenvalue weighted by molar-refractivity contribution is 5.64. The van der Waals surface area contributed by atoms with Crippen molar-refractivity contribution >= 4 is 6.29 Å². The van der Waals surface area contributed by atoms with E-state index in [1.807, 2.05) is 30.3 Å². The van der Waals surface area contributed by atoms with Gasteiger partial charge >= 0.3 is 0 Å². The van der Waals surface area contributed by atoms with Crippen LogP contribution in [-0.2, 0) is 11.3 Å². The maximum atomic E-state index is 9.89. The van der Waals surface area contributed by atoms with Gasteiger partial charge in [0.25, 0.3) is 0 Å². The first-order chi connectivity index (χ1) is 5.93. The van der Waals surface area contributed by atoms with Crippen LogP contribution in [-0.4, -0.2) is 6.29 Å². The molecule has 0 amide bonds. The monoisotopic (exact) mass is 161 g/mol. The SMILES string of the molecule is O=C/C=C/NCc1ccccc1. The number of nitrogens with one attached hydrogen (secondary N) is 1. The molecule has 2 nitrogen and oxygen atoms in total. The fourth-order valence-electron chi connectivity index (χ4n) is 0.880. The van der Waals surface area contributed by atoms with Crippen LogP contribution in [0.15, 0.2) is 42.6 Å². The summed E-state index contributed by atoms with van der Waals surface area (Å²) < 4.78 is 0. The Morgan fingerprint density at radius 1 is 1.25 bits per heavy atom. The van der Waals surface area contributed by atoms with Crippen molar-refractivity contribution < 1.29 is 4.79 Å². The van der Waals surface area contributed by atoms with Gasteiger partial charge in [-0.15, -0.1) is 0 Å². The van der Waals surface area contributed by atoms with E-state index in [1.165, 1.54) is 11.6 Å². The number of allylic oxidation sites excluding steroid dienone is 1. The summed E-state index contributed by atoms with van der Waals surface area (Å²) in [6, 6.07) is 10.0. The van der Waals surface area contributed by atoms with E-state index in [1.54, 1.807) is 6.20 Å². The Balaban J connectivity index is 2.33. The number of hydrogen-bond acceptors (Lipinski definition) is 2. The van der Waals surface area contributed by atoms with E-state index in [-0.39, 0.29) is 0 Å². The van der Waals surface area contributed by atoms with Gasteiger partial charge in [0.15, 0.2) is 0 Å². The zero-order valence-corrected chi connectivity index (χ0v) is 6.73. The number of carbonyl (C=O) groups excluding carboxylic acids is 1. The number of hydrogen-bond donors (Lipinski definition) is 1. The van der Waals surface area contributed by atoms with Gasteiger partial charge in [0, 0.05) is 6.54 Å². The van der Waals surface area contributed by atoms with E-state index < -0.39 is 0 Å². The molecule has 0 bridgehead atoms. The number of benzene rings is 1. The molecule has 1 rings (SSSR count). The molecule has 0 fully saturated rings. The summed E-state index contributed by atoms with van der Waals surface area (Å²) in [5, 5.41) is 2.99. The van der Waals surface area contributed by atoms with E-state index in [4.69, 9.17) is 0 Å². The molecule has 62 valence electrons. The second kappa shape index (κ2) is 5.13. The Hall–Kier alpha value is -1.57. The maximum absolute atomic E-state index is 9.89. The Kier molecular flexibility index (Phi) is 3.64. The molecular formula is C10H11NO. The maximum Gasteiger partial charge on any atom is 0.144 e. The lowest BCUT2D eigenvalue weighted by molar-refractivity contribution is -0.104. The molecule has 12 heavy (non-hydrogen) atoms. The van der Waals surface area contributed by atoms with Crippen LogP contribution >= 0.6 is 0 Å². The quantitative estimate of drug-likeness (QED) is 0.535. The van der Waals surface area contributed by atoms with Gasteiger partial charge in [-0.3, -0.25) is 4.79 Å². The Labute approximate surface area is 71.9 Å². The summed E-state index contributed by atoms with van der Waals surface area (Å²) in [5.41, 5.74) is 1.20. The first-order valence-electron chi connectivity index (χ1n) is 3.81. The Morgan fingerprint density at radius 3 is 2.67 bits per heavy atom. The zero-order valence-electron chi connectivity index (χ0n) is 6.73. The molecule has 0 atom stereocenters. The van der Waals surface area contributed by atoms with Gasteiger partial charge in [-0.05, 0) is 17.8 Å². The minimum absolute atomic E-state index is 0.748. The largest absolute Gasteiger partial charge is 0.387 e. The van der Waals surface area contributed by atoms with E-state index in [9.17, 15) is 4.79 Å². The molecule has 0 spiro atoms. The summed E-state index contributed by atoms with van der Waals surface area (Å²) in [4.78, 5) is 9.89. The molecule has 1 N–H and O–H groups in total. The molecule has 0 saturated carbocycles. The summed E-state index contributed by atoms with van der Waals surface area (Å²) >= 11 is 0. The normalized spacial score (nSPS) is 10.0. The van der Waals surface area contributed by atoms with Crippen LogP contribution in [0.2, 0.25) is 0 Å². The van der Waals surface area contributed by atoms with E-state index in [0.717, 1.165) is 12.8 Å². The van der Waals surface area contributed by atoms with Crippen LogP contribution < -0.4 is 5.32 Å². The van der Waals surface area contributed by atoms with Crippen molar-refractivity contribution in [2.75, 3.05) is 0 Å². The highest BCUT2D eigenvalue weighted by Gasteiger charge is 1.85. The van der Waals surface area contributed by atoms with Gasteiger partial charge in [-0.2, -0.15) is 0 Å². The fraction of sp³-hybridized carbons (Fsp3) is 0.100. The molecule has 0 aliphatic rings. The van der Waals surface area contributed by atoms with Crippen molar-refractivity contribution in [3.63, 3.8) is 0 Å². The van der Waals surface area contributed by atoms with Crippen molar-refractivity contribution in [3.8, 4) is 0 Å². The second-order valence-electron chi connectivity index (χ2n) is 2.36. The highest BCUT2D eigenvalue weighted by atomic mass is 16.1. The third-order valence-electron chi connectivity index (χ3n) is 1.44. The van der Waals surface area contributed by atoms with Crippen LogP contribution in [0, 0.1) is 0 Å². The van der Waals surface area contributed by atoms with Gasteiger partial charge in [0.2, 0.25) is 0 Å². The predicted molar refractivity (Wildman–Crippen MR) is 48.5 cm³/mol. The smallest absolute Gasteiger partial charge is 0.144 e. The minimum atomic E-state index is 0.748. The van der Waals surface area contributed by atoms with Gasteiger partial charge in [0.05, 0.1) is 0 Å². The third kappa shape index (κ3) is 3.01. The molecule has 0 radical (unpaired) electrons. The molecule has 1 aromatic carbocycles. The minimum Gasteiger partial charge on any atom is -0.387 e. The lowest BCUT2D eigenvalue weighted by Gasteiger charge is -1.98. The van der Waals surface area contributed by atoms with E-state index >= 15 is 0 Å². The molecule has 0 saturated heterocycles. The average Bonchev–Trinajstić information content (AvgIpc) is 2.14. The molecule has 0 heterocycles. The number of carbonyl (C=O) groups is 1. The van der Waals surface area contributed by atoms with Crippen LogP contribution in [0.5, 0.6) is 0 Å². The van der Waals surface area contributed by atoms with Crippen LogP contribution in [0.4, 0.5) is 0 Å². The first kappa shape index (κ1) is 8.53. The third-order valence-corrected chi connectivity index (χ3v) is 1.44. The molecule has 0 aliphatic heterocycles. The summed E-state index contributed by atoms with van der Waals surface area (Å²) in [7, 11) is 0. The second-order valence-corrected chi connectivity index (χ2v) is 2.36. The van der Waals surface area contributed by atoms with Gasteiger partial charge < -0.3 is 5.32 Å². The molecule has 0 aliphatic carbocycles. The topological polar surface area (TPSA) is 29.1 Å². The Morgan fingerprint density at radius 2 is 2.00 bits per heavy atom. The standard InChI is InChI=1S/C10H11NO/c12-8-4-7-11-9-10-5-2-1-3-6-10/h1-8,11H,9H2/b7-4+. The van der Waals surface area contributed by atoms with Crippen molar-refractivity contribution in [3.05, 3.63) is 48.2 Å². The van der Waals surface area contributed by atoms with Crippen molar-refractivity contribution in [2.24, 2.45) is 0 Å². The zero-order chi connectivity index (χ0) is 8.65. The van der Waals surface area contributed by atoms with E-state index in [2.05, 4.69) is 5.32 Å². The van der Waals surface area contributed by atoms with Crippen LogP contribution in [0.25, 0.3) is 0 Å². The molecule has 1 aromatic rings. The highest BCUT2D eigenvalue weighted by Crippen LogP contribution is 1.96. The number of rotatable bonds is 4. The lowest BCUT2D eigenvalue weighted by atomic mass is 10.2. The number of aldehydes is 1. The van der Waals surface area contributed by atoms with Crippen LogP contribution in [0.3, 0.4) is 0 Å². The van der Waals surface area contributed by atoms with Crippen molar-refractivity contribution in [1.82, 2.24) is 5.32 Å². The van der Waals surface area contributed by atoms with Gasteiger partial charge in [-0.1, -0.05) is 30.3 Å². The Bertz CT molecular complexity index is 254. The van der Waals surface area contributed by atoms with Crippen molar-refractivity contribution in [2.45, 2.75) is 6.54 Å². The van der Waals surface area contributed by atoms with Gasteiger partial charge in [0.1, 0.15) is 6.29 Å². The van der Waals surface area contributed by atoms with Crippen LogP contribution in [0.1, 0.15) is 5.56 Å². The average molecular weight is 161 g/mol. The predicted octanol–water partition coefficient (Wildman–Crippen LogP) is 1.49. The van der Waals surface area contributed by atoms with Gasteiger partial charge in [-0.25, -0.2) is 0 Å². The molecule has 2 heteroatoms. The molecule has 0 aromatic heterocycles. The first-order valence-corrected chi connectivity index (χ1v) is 3.81. The van der Waals surface area contributed by atoms with E-state index in [0.29, 0.717) is 0 Å².